The van der Waals surface area contributed by atoms with Crippen LogP contribution in [-0.2, 0) is 0 Å². The Morgan fingerprint density at radius 2 is 2.56 bits per heavy atom. The zero-order valence-electron chi connectivity index (χ0n) is 5.54. The molecule has 1 aliphatic rings. The minimum absolute atomic E-state index is 0.997. The molecule has 0 spiro atoms. The predicted octanol–water partition coefficient (Wildman–Crippen LogP) is 1.78. The summed E-state index contributed by atoms with van der Waals surface area (Å²) in [5.41, 5.74) is 0.997. The van der Waals surface area contributed by atoms with Crippen LogP contribution in [0.2, 0.25) is 0 Å². The second-order valence-electron chi connectivity index (χ2n) is 1.94. The van der Waals surface area contributed by atoms with Crippen LogP contribution < -0.4 is 0 Å². The van der Waals surface area contributed by atoms with E-state index < -0.39 is 0 Å². The maximum Gasteiger partial charge on any atom is 0.116 e. The fraction of sp³-hybridized carbons (Fsp3) is 0.429. The summed E-state index contributed by atoms with van der Waals surface area (Å²) in [6.45, 7) is 2.15. The topological polar surface area (TPSA) is 24.7 Å². The lowest BCUT2D eigenvalue weighted by atomic mass is 10.3. The molecule has 0 atom stereocenters. The van der Waals surface area contributed by atoms with E-state index in [9.17, 15) is 0 Å². The van der Waals surface area contributed by atoms with Crippen LogP contribution in [0.5, 0.6) is 0 Å². The van der Waals surface area contributed by atoms with E-state index in [1.165, 1.54) is 6.42 Å². The van der Waals surface area contributed by atoms with Gasteiger partial charge in [-0.3, -0.25) is 0 Å². The van der Waals surface area contributed by atoms with Crippen molar-refractivity contribution in [1.29, 1.82) is 0 Å². The molecule has 0 aliphatic carbocycles. The van der Waals surface area contributed by atoms with E-state index >= 15 is 0 Å². The van der Waals surface area contributed by atoms with Crippen LogP contribution in [0.1, 0.15) is 19.8 Å². The van der Waals surface area contributed by atoms with Crippen molar-refractivity contribution >= 4 is 12.6 Å². The lowest BCUT2D eigenvalue weighted by Gasteiger charge is -1.84. The van der Waals surface area contributed by atoms with E-state index in [2.05, 4.69) is 23.0 Å². The van der Waals surface area contributed by atoms with Gasteiger partial charge in [-0.1, -0.05) is 19.4 Å². The molecule has 0 aromatic carbocycles. The quantitative estimate of drug-likeness (QED) is 0.533. The van der Waals surface area contributed by atoms with E-state index in [-0.39, 0.29) is 0 Å². The van der Waals surface area contributed by atoms with Crippen LogP contribution >= 0.6 is 0 Å². The molecule has 0 radical (unpaired) electrons. The number of rotatable bonds is 2. The highest BCUT2D eigenvalue weighted by Crippen LogP contribution is 2.00. The number of hydrogen-bond donors (Lipinski definition) is 0. The first-order valence-electron chi connectivity index (χ1n) is 3.19. The summed E-state index contributed by atoms with van der Waals surface area (Å²) >= 11 is 0. The van der Waals surface area contributed by atoms with Crippen LogP contribution in [0, 0.1) is 0 Å². The third-order valence-corrected chi connectivity index (χ3v) is 1.12. The fourth-order valence-corrected chi connectivity index (χ4v) is 0.641. The minimum Gasteiger partial charge on any atom is -0.243 e. The first kappa shape index (κ1) is 6.20. The summed E-state index contributed by atoms with van der Waals surface area (Å²) in [6, 6.07) is 0. The van der Waals surface area contributed by atoms with Gasteiger partial charge < -0.3 is 0 Å². The van der Waals surface area contributed by atoms with E-state index in [1.807, 2.05) is 0 Å². The zero-order chi connectivity index (χ0) is 6.53. The molecular formula is C7H10N2. The molecule has 1 aliphatic heterocycles. The molecule has 1 rings (SSSR count). The SMILES string of the molecule is CCCC=C1C=NC=N1. The number of hydrogen-bond acceptors (Lipinski definition) is 2. The van der Waals surface area contributed by atoms with Crippen molar-refractivity contribution in [3.05, 3.63) is 11.8 Å². The van der Waals surface area contributed by atoms with Crippen molar-refractivity contribution in [3.63, 3.8) is 0 Å². The molecule has 0 unspecified atom stereocenters. The summed E-state index contributed by atoms with van der Waals surface area (Å²) in [5.74, 6) is 0. The van der Waals surface area contributed by atoms with Gasteiger partial charge in [0.2, 0.25) is 0 Å². The fourth-order valence-electron chi connectivity index (χ4n) is 0.641. The van der Waals surface area contributed by atoms with Crippen molar-refractivity contribution in [2.45, 2.75) is 19.8 Å². The van der Waals surface area contributed by atoms with E-state index in [0.29, 0.717) is 0 Å². The van der Waals surface area contributed by atoms with E-state index in [0.717, 1.165) is 12.1 Å². The van der Waals surface area contributed by atoms with Crippen molar-refractivity contribution in [2.24, 2.45) is 9.98 Å². The van der Waals surface area contributed by atoms with Gasteiger partial charge in [0, 0.05) is 0 Å². The van der Waals surface area contributed by atoms with E-state index in [4.69, 9.17) is 0 Å². The number of aliphatic imine (C=N–C) groups is 2. The minimum atomic E-state index is 0.997. The molecule has 1 heterocycles. The lowest BCUT2D eigenvalue weighted by molar-refractivity contribution is 0.953. The first-order chi connectivity index (χ1) is 4.43. The monoisotopic (exact) mass is 122 g/mol. The second-order valence-corrected chi connectivity index (χ2v) is 1.94. The zero-order valence-corrected chi connectivity index (χ0v) is 5.54. The van der Waals surface area contributed by atoms with Crippen LogP contribution in [0.4, 0.5) is 0 Å². The van der Waals surface area contributed by atoms with E-state index in [1.54, 1.807) is 12.6 Å². The highest BCUT2D eigenvalue weighted by atomic mass is 14.9. The third kappa shape index (κ3) is 1.80. The molecule has 0 bridgehead atoms. The summed E-state index contributed by atoms with van der Waals surface area (Å²) in [7, 11) is 0. The van der Waals surface area contributed by atoms with Gasteiger partial charge >= 0.3 is 0 Å². The maximum absolute atomic E-state index is 3.99. The summed E-state index contributed by atoms with van der Waals surface area (Å²) in [5, 5.41) is 0. The Bertz CT molecular complexity index is 152. The molecule has 0 fully saturated rings. The standard InChI is InChI=1S/C7H10N2/c1-2-3-4-7-5-8-6-9-7/h4-6H,2-3H2,1H3. The van der Waals surface area contributed by atoms with Gasteiger partial charge in [-0.15, -0.1) is 0 Å². The summed E-state index contributed by atoms with van der Waals surface area (Å²) in [6.07, 6.45) is 7.70. The lowest BCUT2D eigenvalue weighted by Crippen LogP contribution is -1.72. The van der Waals surface area contributed by atoms with Gasteiger partial charge in [-0.2, -0.15) is 0 Å². The molecule has 2 nitrogen and oxygen atoms in total. The molecule has 48 valence electrons. The van der Waals surface area contributed by atoms with Crippen molar-refractivity contribution < 1.29 is 0 Å². The first-order valence-corrected chi connectivity index (χ1v) is 3.19. The molecule has 9 heavy (non-hydrogen) atoms. The molecule has 0 saturated heterocycles. The second kappa shape index (κ2) is 3.17. The highest BCUT2D eigenvalue weighted by Gasteiger charge is 1.90. The van der Waals surface area contributed by atoms with Crippen molar-refractivity contribution in [2.75, 3.05) is 0 Å². The predicted molar refractivity (Wildman–Crippen MR) is 40.0 cm³/mol. The maximum atomic E-state index is 3.99. The highest BCUT2D eigenvalue weighted by molar-refractivity contribution is 5.91. The van der Waals surface area contributed by atoms with Gasteiger partial charge in [0.1, 0.15) is 6.34 Å². The van der Waals surface area contributed by atoms with Crippen LogP contribution in [0.3, 0.4) is 0 Å². The smallest absolute Gasteiger partial charge is 0.116 e. The summed E-state index contributed by atoms with van der Waals surface area (Å²) in [4.78, 5) is 7.82. The largest absolute Gasteiger partial charge is 0.243 e. The summed E-state index contributed by atoms with van der Waals surface area (Å²) < 4.78 is 0. The van der Waals surface area contributed by atoms with Crippen molar-refractivity contribution in [1.82, 2.24) is 0 Å². The Morgan fingerprint density at radius 1 is 1.67 bits per heavy atom. The Morgan fingerprint density at radius 3 is 3.11 bits per heavy atom. The normalized spacial score (nSPS) is 19.9. The van der Waals surface area contributed by atoms with Crippen LogP contribution in [0.25, 0.3) is 0 Å². The Kier molecular flexibility index (Phi) is 2.19. The number of nitrogens with zero attached hydrogens (tertiary/aromatic N) is 2. The average Bonchev–Trinajstić information content (AvgIpc) is 2.34. The Labute approximate surface area is 55.0 Å². The molecule has 0 N–H and O–H groups in total. The van der Waals surface area contributed by atoms with Gasteiger partial charge in [-0.25, -0.2) is 9.98 Å². The van der Waals surface area contributed by atoms with Gasteiger partial charge in [-0.05, 0) is 6.42 Å². The van der Waals surface area contributed by atoms with Gasteiger partial charge in [0.15, 0.2) is 0 Å². The third-order valence-electron chi connectivity index (χ3n) is 1.12. The number of unbranched alkanes of at least 4 members (excludes halogenated alkanes) is 1. The Hall–Kier alpha value is -0.920. The van der Waals surface area contributed by atoms with Gasteiger partial charge in [0.25, 0.3) is 0 Å². The average molecular weight is 122 g/mol. The molecule has 0 aromatic rings. The van der Waals surface area contributed by atoms with Crippen LogP contribution in [-0.4, -0.2) is 12.6 Å². The molecule has 0 aromatic heterocycles. The van der Waals surface area contributed by atoms with Gasteiger partial charge in [0.05, 0.1) is 11.9 Å². The number of allylic oxidation sites excluding steroid dienone is 2. The van der Waals surface area contributed by atoms with Crippen LogP contribution in [0.15, 0.2) is 21.8 Å². The Balaban J connectivity index is 2.42. The molecule has 0 saturated carbocycles. The molecule has 2 heteroatoms. The molecule has 0 amide bonds. The molecular weight excluding hydrogens is 112 g/mol. The van der Waals surface area contributed by atoms with Crippen molar-refractivity contribution in [3.8, 4) is 0 Å².